The summed E-state index contributed by atoms with van der Waals surface area (Å²) in [6.45, 7) is 2.81. The normalized spacial score (nSPS) is 13.1. The lowest BCUT2D eigenvalue weighted by molar-refractivity contribution is -0.158. The van der Waals surface area contributed by atoms with Crippen LogP contribution in [-0.2, 0) is 28.3 Å². The van der Waals surface area contributed by atoms with Gasteiger partial charge in [0.2, 0.25) is 6.61 Å². The molecule has 0 saturated heterocycles. The van der Waals surface area contributed by atoms with Crippen molar-refractivity contribution in [1.82, 2.24) is 5.06 Å². The van der Waals surface area contributed by atoms with Crippen molar-refractivity contribution in [2.24, 2.45) is 0 Å². The Balaban J connectivity index is 4.02. The fraction of sp³-hybridized carbons (Fsp3) is 0.947. The van der Waals surface area contributed by atoms with Crippen molar-refractivity contribution in [2.75, 3.05) is 26.3 Å². The summed E-state index contributed by atoms with van der Waals surface area (Å²) in [7, 11) is -5.00. The summed E-state index contributed by atoms with van der Waals surface area (Å²) in [5, 5.41) is 21.3. The van der Waals surface area contributed by atoms with Crippen LogP contribution >= 0.6 is 7.82 Å². The molecule has 0 aromatic carbocycles. The molecule has 50 heavy (non-hydrogen) atoms. The lowest BCUT2D eigenvalue weighted by Gasteiger charge is -2.25. The van der Waals surface area contributed by atoms with E-state index in [1.54, 1.807) is 0 Å². The van der Waals surface area contributed by atoms with Crippen LogP contribution in [0.15, 0.2) is 0 Å². The number of ether oxygens (including phenoxy) is 2. The number of nitrogens with zero attached hydrogens (tertiary/aromatic N) is 1. The third kappa shape index (κ3) is 36.7. The molecule has 1 radical (unpaired) electrons. The molecule has 0 aromatic rings. The van der Waals surface area contributed by atoms with Gasteiger partial charge in [0.1, 0.15) is 25.2 Å². The quantitative estimate of drug-likeness (QED) is 0.0157. The highest BCUT2D eigenvalue weighted by Crippen LogP contribution is 2.37. The van der Waals surface area contributed by atoms with Crippen LogP contribution in [0.4, 0.5) is 0 Å². The van der Waals surface area contributed by atoms with Crippen LogP contribution in [0.3, 0.4) is 0 Å². The Labute approximate surface area is 304 Å². The van der Waals surface area contributed by atoms with Crippen LogP contribution in [0.25, 0.3) is 0 Å². The number of carbonyl (C=O) groups excluding carboxylic acids is 2. The maximum absolute atomic E-state index is 12.1. The summed E-state index contributed by atoms with van der Waals surface area (Å²) in [5.41, 5.74) is 0. The average Bonchev–Trinajstić information content (AvgIpc) is 3.06. The molecule has 4 N–H and O–H groups in total. The number of carbonyl (C=O) groups is 2. The Kier molecular flexibility index (Phi) is 34.2. The zero-order valence-corrected chi connectivity index (χ0v) is 32.8. The molecule has 0 aromatic heterocycles. The van der Waals surface area contributed by atoms with E-state index in [-0.39, 0.29) is 26.1 Å². The van der Waals surface area contributed by atoms with Crippen LogP contribution in [-0.4, -0.2) is 75.5 Å². The molecule has 0 rings (SSSR count). The van der Waals surface area contributed by atoms with Gasteiger partial charge in [-0.05, 0) is 12.8 Å². The fourth-order valence-corrected chi connectivity index (χ4v) is 6.40. The molecule has 11 nitrogen and oxygen atoms in total. The number of hydroxylamine groups is 2. The van der Waals surface area contributed by atoms with E-state index < -0.39 is 45.1 Å². The molecule has 0 aliphatic carbocycles. The highest BCUT2D eigenvalue weighted by molar-refractivity contribution is 7.46. The predicted molar refractivity (Wildman–Crippen MR) is 199 cm³/mol. The van der Waals surface area contributed by atoms with Gasteiger partial charge in [-0.2, -0.15) is 9.69 Å². The summed E-state index contributed by atoms with van der Waals surface area (Å²) in [6.07, 6.45) is 29.0. The molecule has 12 heteroatoms. The minimum atomic E-state index is -5.00. The second kappa shape index (κ2) is 35.0. The van der Waals surface area contributed by atoms with Crippen LogP contribution in [0.1, 0.15) is 194 Å². The number of aliphatic hydroxyl groups is 2. The summed E-state index contributed by atoms with van der Waals surface area (Å²) < 4.78 is 26.3. The summed E-state index contributed by atoms with van der Waals surface area (Å²) >= 11 is 0. The fourth-order valence-electron chi connectivity index (χ4n) is 5.96. The maximum Gasteiger partial charge on any atom is 0.574 e. The molecule has 0 bridgehead atoms. The van der Waals surface area contributed by atoms with E-state index in [2.05, 4.69) is 18.5 Å². The standard InChI is InChI=1S/C38H76NO10P/c1-3-5-7-9-11-13-15-17-19-21-23-25-27-29-37(42)47-33-35(40)31-39(49-50(44,45)46)32-36(41)34-48-38(43)30-28-26-24-22-20-18-16-14-12-10-8-6-4-2/h35-36,40-41H,3-34H2,1-2H3,(H2,44,45,46)/q+1/t35-,36-/m0/s1. The number of aliphatic hydroxyl groups excluding tert-OH is 2. The van der Waals surface area contributed by atoms with E-state index in [0.29, 0.717) is 17.9 Å². The molecule has 0 amide bonds. The van der Waals surface area contributed by atoms with Crippen molar-refractivity contribution in [1.29, 1.82) is 0 Å². The lowest BCUT2D eigenvalue weighted by atomic mass is 10.0. The van der Waals surface area contributed by atoms with Crippen molar-refractivity contribution < 1.29 is 48.3 Å². The first kappa shape index (κ1) is 48.9. The van der Waals surface area contributed by atoms with E-state index in [1.807, 2.05) is 0 Å². The van der Waals surface area contributed by atoms with Crippen molar-refractivity contribution in [2.45, 2.75) is 206 Å². The van der Waals surface area contributed by atoms with E-state index in [0.717, 1.165) is 38.5 Å². The Hall–Kier alpha value is -1.07. The van der Waals surface area contributed by atoms with E-state index in [4.69, 9.17) is 9.47 Å². The highest BCUT2D eigenvalue weighted by atomic mass is 31.2. The Morgan fingerprint density at radius 2 is 0.880 bits per heavy atom. The monoisotopic (exact) mass is 738 g/mol. The number of rotatable bonds is 38. The van der Waals surface area contributed by atoms with Gasteiger partial charge in [-0.25, -0.2) is 4.57 Å². The lowest BCUT2D eigenvalue weighted by Crippen LogP contribution is -2.40. The van der Waals surface area contributed by atoms with Gasteiger partial charge in [0.15, 0.2) is 0 Å². The number of unbranched alkanes of at least 4 members (excludes halogenated alkanes) is 24. The molecular weight excluding hydrogens is 661 g/mol. The number of hydrogen-bond donors (Lipinski definition) is 4. The molecule has 297 valence electrons. The molecule has 0 fully saturated rings. The molecule has 0 aliphatic rings. The van der Waals surface area contributed by atoms with Crippen molar-refractivity contribution in [3.8, 4) is 0 Å². The number of hydrogen-bond acceptors (Lipinski definition) is 9. The zero-order valence-electron chi connectivity index (χ0n) is 31.9. The average molecular weight is 738 g/mol. The minimum absolute atomic E-state index is 0.233. The van der Waals surface area contributed by atoms with Crippen molar-refractivity contribution in [3.05, 3.63) is 0 Å². The Bertz CT molecular complexity index is 773. The first-order chi connectivity index (χ1) is 24.1. The van der Waals surface area contributed by atoms with Gasteiger partial charge < -0.3 is 29.5 Å². The van der Waals surface area contributed by atoms with Crippen LogP contribution in [0.5, 0.6) is 0 Å². The minimum Gasteiger partial charge on any atom is -0.463 e. The van der Waals surface area contributed by atoms with E-state index in [9.17, 15) is 34.2 Å². The Morgan fingerprint density at radius 3 is 1.24 bits per heavy atom. The predicted octanol–water partition coefficient (Wildman–Crippen LogP) is 9.08. The van der Waals surface area contributed by atoms with E-state index in [1.165, 1.54) is 116 Å². The van der Waals surface area contributed by atoms with Gasteiger partial charge in [0.25, 0.3) is 0 Å². The molecule has 2 atom stereocenters. The molecular formula is C38H76NO10P+. The second-order valence-corrected chi connectivity index (χ2v) is 15.2. The van der Waals surface area contributed by atoms with Gasteiger partial charge in [0.05, 0.1) is 13.1 Å². The largest absolute Gasteiger partial charge is 0.574 e. The third-order valence-corrected chi connectivity index (χ3v) is 9.34. The summed E-state index contributed by atoms with van der Waals surface area (Å²) in [5.74, 6) is -0.907. The van der Waals surface area contributed by atoms with Gasteiger partial charge in [-0.1, -0.05) is 168 Å². The Morgan fingerprint density at radius 1 is 0.560 bits per heavy atom. The second-order valence-electron chi connectivity index (χ2n) is 14.1. The molecule has 0 aliphatic heterocycles. The van der Waals surface area contributed by atoms with Gasteiger partial charge in [-0.3, -0.25) is 4.79 Å². The van der Waals surface area contributed by atoms with Crippen LogP contribution < -0.4 is 0 Å². The molecule has 0 spiro atoms. The summed E-state index contributed by atoms with van der Waals surface area (Å²) in [4.78, 5) is 42.7. The van der Waals surface area contributed by atoms with Gasteiger partial charge in [-0.15, -0.1) is 0 Å². The summed E-state index contributed by atoms with van der Waals surface area (Å²) in [6, 6.07) is 0. The third-order valence-electron chi connectivity index (χ3n) is 8.89. The molecule has 0 saturated carbocycles. The van der Waals surface area contributed by atoms with Crippen molar-refractivity contribution in [3.63, 3.8) is 0 Å². The SMILES string of the molecule is CCCCCCCCCCCCCCCC(=O)OC[C@@H](O)CN(C[C@H](O)COC(=[O+])CCCCCCCCCCCCCCC)OP(=O)(O)O. The molecule has 0 heterocycles. The first-order valence-corrected chi connectivity index (χ1v) is 21.8. The smallest absolute Gasteiger partial charge is 0.463 e. The van der Waals surface area contributed by atoms with Crippen LogP contribution in [0, 0.1) is 0 Å². The topological polar surface area (TPSA) is 166 Å². The zero-order chi connectivity index (χ0) is 37.1. The highest BCUT2D eigenvalue weighted by Gasteiger charge is 2.28. The number of phosphoric acid groups is 1. The van der Waals surface area contributed by atoms with Crippen LogP contribution in [0.2, 0.25) is 0 Å². The van der Waals surface area contributed by atoms with Gasteiger partial charge in [0, 0.05) is 11.2 Å². The number of esters is 2. The van der Waals surface area contributed by atoms with E-state index >= 15 is 0 Å². The molecule has 0 unspecified atom stereocenters. The first-order valence-electron chi connectivity index (χ1n) is 20.2. The maximum atomic E-state index is 12.1. The van der Waals surface area contributed by atoms with Crippen molar-refractivity contribution >= 4 is 19.8 Å². The van der Waals surface area contributed by atoms with Gasteiger partial charge >= 0.3 is 19.8 Å².